The average molecular weight is 282 g/mol. The van der Waals surface area contributed by atoms with E-state index >= 15 is 0 Å². The first-order valence-corrected chi connectivity index (χ1v) is 6.11. The third-order valence-electron chi connectivity index (χ3n) is 2.91. The first-order chi connectivity index (χ1) is 10.1. The van der Waals surface area contributed by atoms with E-state index in [1.807, 2.05) is 24.3 Å². The molecule has 0 saturated carbocycles. The molecule has 1 heterocycles. The molecule has 104 valence electrons. The number of hydrogen-bond donors (Lipinski definition) is 1. The summed E-state index contributed by atoms with van der Waals surface area (Å²) in [5.74, 6) is -0.0476. The van der Waals surface area contributed by atoms with Crippen molar-refractivity contribution in [3.8, 4) is 5.75 Å². The van der Waals surface area contributed by atoms with Gasteiger partial charge in [-0.2, -0.15) is 4.80 Å². The van der Waals surface area contributed by atoms with E-state index < -0.39 is 4.92 Å². The maximum absolute atomic E-state index is 10.7. The molecule has 0 aliphatic carbocycles. The van der Waals surface area contributed by atoms with Gasteiger partial charge in [-0.15, -0.1) is 10.2 Å². The molecule has 0 aliphatic heterocycles. The van der Waals surface area contributed by atoms with E-state index in [2.05, 4.69) is 10.2 Å². The predicted octanol–water partition coefficient (Wildman–Crippen LogP) is 2.67. The molecule has 1 N–H and O–H groups in total. The topological polar surface area (TPSA) is 94.1 Å². The van der Waals surface area contributed by atoms with Crippen LogP contribution in [0.4, 0.5) is 5.69 Å². The molecular weight excluding hydrogens is 272 g/mol. The summed E-state index contributed by atoms with van der Waals surface area (Å²) in [5, 5.41) is 28.9. The molecule has 0 amide bonds. The summed E-state index contributed by atoms with van der Waals surface area (Å²) in [7, 11) is 0. The quantitative estimate of drug-likeness (QED) is 0.588. The van der Waals surface area contributed by atoms with Crippen LogP contribution in [0, 0.1) is 10.1 Å². The fourth-order valence-electron chi connectivity index (χ4n) is 1.88. The minimum Gasteiger partial charge on any atom is -0.507 e. The minimum absolute atomic E-state index is 0.0476. The molecule has 7 nitrogen and oxygen atoms in total. The zero-order chi connectivity index (χ0) is 14.8. The van der Waals surface area contributed by atoms with Crippen molar-refractivity contribution in [3.05, 3.63) is 58.1 Å². The van der Waals surface area contributed by atoms with Gasteiger partial charge in [0.15, 0.2) is 0 Å². The van der Waals surface area contributed by atoms with Crippen molar-refractivity contribution < 1.29 is 10.0 Å². The van der Waals surface area contributed by atoms with Gasteiger partial charge in [0.05, 0.1) is 11.1 Å². The Morgan fingerprint density at radius 3 is 2.43 bits per heavy atom. The summed E-state index contributed by atoms with van der Waals surface area (Å²) in [6.07, 6.45) is 3.04. The number of phenols is 1. The van der Waals surface area contributed by atoms with Crippen LogP contribution in [0.5, 0.6) is 5.75 Å². The van der Waals surface area contributed by atoms with Crippen LogP contribution in [0.2, 0.25) is 0 Å². The largest absolute Gasteiger partial charge is 0.507 e. The summed E-state index contributed by atoms with van der Waals surface area (Å²) in [4.78, 5) is 11.6. The van der Waals surface area contributed by atoms with Crippen LogP contribution in [-0.4, -0.2) is 25.0 Å². The number of fused-ring (bicyclic) bond motifs is 1. The monoisotopic (exact) mass is 282 g/mol. The lowest BCUT2D eigenvalue weighted by molar-refractivity contribution is -0.384. The second-order valence-electron chi connectivity index (χ2n) is 4.33. The van der Waals surface area contributed by atoms with E-state index in [0.29, 0.717) is 5.56 Å². The fraction of sp³-hybridized carbons (Fsp3) is 0. The van der Waals surface area contributed by atoms with Gasteiger partial charge < -0.3 is 5.11 Å². The van der Waals surface area contributed by atoms with E-state index in [0.717, 1.165) is 11.0 Å². The molecule has 0 aliphatic rings. The predicted molar refractivity (Wildman–Crippen MR) is 77.5 cm³/mol. The molecule has 21 heavy (non-hydrogen) atoms. The Morgan fingerprint density at radius 2 is 1.81 bits per heavy atom. The second kappa shape index (κ2) is 5.04. The molecule has 0 radical (unpaired) electrons. The van der Waals surface area contributed by atoms with E-state index in [1.54, 1.807) is 0 Å². The molecule has 0 spiro atoms. The molecule has 0 unspecified atom stereocenters. The maximum atomic E-state index is 10.7. The Bertz CT molecular complexity index is 821. The molecule has 0 atom stereocenters. The Morgan fingerprint density at radius 1 is 1.14 bits per heavy atom. The lowest BCUT2D eigenvalue weighted by Gasteiger charge is -1.98. The van der Waals surface area contributed by atoms with Crippen molar-refractivity contribution in [3.63, 3.8) is 0 Å². The number of nitro benzene ring substituents is 1. The Kier molecular flexibility index (Phi) is 3.07. The van der Waals surface area contributed by atoms with Crippen LogP contribution >= 0.6 is 0 Å². The Labute approximate surface area is 118 Å². The highest BCUT2D eigenvalue weighted by molar-refractivity contribution is 5.74. The molecule has 1 aromatic heterocycles. The summed E-state index contributed by atoms with van der Waals surface area (Å²) in [5.41, 5.74) is 1.72. The third kappa shape index (κ3) is 2.57. The van der Waals surface area contributed by atoms with E-state index in [1.165, 1.54) is 35.3 Å². The van der Waals surface area contributed by atoms with Crippen molar-refractivity contribution >= 4 is 29.0 Å². The highest BCUT2D eigenvalue weighted by Crippen LogP contribution is 2.24. The van der Waals surface area contributed by atoms with Gasteiger partial charge in [-0.25, -0.2) is 0 Å². The molecule has 0 saturated heterocycles. The summed E-state index contributed by atoms with van der Waals surface area (Å²) >= 11 is 0. The lowest BCUT2D eigenvalue weighted by atomic mass is 10.2. The van der Waals surface area contributed by atoms with Gasteiger partial charge in [-0.05, 0) is 24.3 Å². The molecular formula is C14H10N4O3. The number of aromatic hydroxyl groups is 1. The van der Waals surface area contributed by atoms with E-state index in [-0.39, 0.29) is 11.4 Å². The van der Waals surface area contributed by atoms with Crippen molar-refractivity contribution in [1.82, 2.24) is 15.0 Å². The number of nitrogens with zero attached hydrogens (tertiary/aromatic N) is 4. The highest BCUT2D eigenvalue weighted by Gasteiger charge is 2.08. The van der Waals surface area contributed by atoms with Crippen molar-refractivity contribution in [1.29, 1.82) is 0 Å². The normalized spacial score (nSPS) is 11.2. The van der Waals surface area contributed by atoms with Crippen molar-refractivity contribution in [2.24, 2.45) is 0 Å². The van der Waals surface area contributed by atoms with Crippen LogP contribution < -0.4 is 0 Å². The molecule has 0 bridgehead atoms. The number of rotatable bonds is 3. The van der Waals surface area contributed by atoms with Gasteiger partial charge in [0, 0.05) is 17.7 Å². The molecule has 0 fully saturated rings. The van der Waals surface area contributed by atoms with Gasteiger partial charge in [0.2, 0.25) is 0 Å². The van der Waals surface area contributed by atoms with Crippen molar-refractivity contribution in [2.45, 2.75) is 0 Å². The van der Waals surface area contributed by atoms with Gasteiger partial charge in [-0.3, -0.25) is 10.1 Å². The van der Waals surface area contributed by atoms with E-state index in [4.69, 9.17) is 0 Å². The van der Waals surface area contributed by atoms with E-state index in [9.17, 15) is 15.2 Å². The van der Waals surface area contributed by atoms with Crippen LogP contribution in [-0.2, 0) is 0 Å². The molecule has 2 aromatic carbocycles. The second-order valence-corrected chi connectivity index (χ2v) is 4.33. The highest BCUT2D eigenvalue weighted by atomic mass is 16.6. The van der Waals surface area contributed by atoms with Gasteiger partial charge in [0.25, 0.3) is 5.69 Å². The number of hydrogen-bond acceptors (Lipinski definition) is 5. The van der Waals surface area contributed by atoms with Crippen LogP contribution in [0.1, 0.15) is 5.56 Å². The molecule has 3 aromatic rings. The zero-order valence-corrected chi connectivity index (χ0v) is 10.7. The van der Waals surface area contributed by atoms with Crippen LogP contribution in [0.3, 0.4) is 0 Å². The standard InChI is InChI=1S/C14H10N4O3/c19-14-6-5-11(18(20)21)9-10(14)7-8-17-15-12-3-1-2-4-13(12)16-17/h1-9,19H. The summed E-state index contributed by atoms with van der Waals surface area (Å²) < 4.78 is 0. The van der Waals surface area contributed by atoms with Crippen molar-refractivity contribution in [2.75, 3.05) is 0 Å². The minimum atomic E-state index is -0.517. The third-order valence-corrected chi connectivity index (χ3v) is 2.91. The fourth-order valence-corrected chi connectivity index (χ4v) is 1.88. The number of phenolic OH excluding ortho intramolecular Hbond substituents is 1. The Balaban J connectivity index is 1.95. The van der Waals surface area contributed by atoms with Crippen LogP contribution in [0.25, 0.3) is 23.3 Å². The zero-order valence-electron chi connectivity index (χ0n) is 10.7. The van der Waals surface area contributed by atoms with Gasteiger partial charge in [0.1, 0.15) is 16.8 Å². The number of nitro groups is 1. The summed E-state index contributed by atoms with van der Waals surface area (Å²) in [6, 6.07) is 11.2. The molecule has 7 heteroatoms. The SMILES string of the molecule is O=[N+]([O-])c1ccc(O)c(C=Cn2nc3ccccc3n2)c1. The van der Waals surface area contributed by atoms with Gasteiger partial charge in [-0.1, -0.05) is 12.1 Å². The Hall–Kier alpha value is -3.22. The van der Waals surface area contributed by atoms with Gasteiger partial charge >= 0.3 is 0 Å². The molecule has 3 rings (SSSR count). The lowest BCUT2D eigenvalue weighted by Crippen LogP contribution is -1.91. The summed E-state index contributed by atoms with van der Waals surface area (Å²) in [6.45, 7) is 0. The van der Waals surface area contributed by atoms with Crippen LogP contribution in [0.15, 0.2) is 42.5 Å². The first-order valence-electron chi connectivity index (χ1n) is 6.11. The number of aromatic nitrogens is 3. The maximum Gasteiger partial charge on any atom is 0.270 e. The number of non-ortho nitro benzene ring substituents is 1. The smallest absolute Gasteiger partial charge is 0.270 e. The number of benzene rings is 2. The average Bonchev–Trinajstić information content (AvgIpc) is 2.89. The first kappa shape index (κ1) is 12.8.